The van der Waals surface area contributed by atoms with E-state index in [2.05, 4.69) is 41.8 Å². The molecular formula is C30H35N3O4. The number of carbonyl (C=O) groups excluding carboxylic acids is 3. The molecular weight excluding hydrogens is 466 g/mol. The Bertz CT molecular complexity index is 1250. The number of nitrogens with zero attached hydrogens (tertiary/aromatic N) is 1. The standard InChI is InChI=1S/C30H35N3O4/c1-3-21-20-33(30(36)32-26-13-8-11-24(17-26)29(35)37-4-2)16-15-23(21)18-28(34)31-19-25-12-7-10-22-9-5-6-14-27(22)25/h5-14,17,21,23H,3-4,15-16,18-20H2,1-2H3,(H,31,34)(H,32,36). The number of hydrogen-bond donors (Lipinski definition) is 2. The van der Waals surface area contributed by atoms with E-state index < -0.39 is 5.97 Å². The van der Waals surface area contributed by atoms with Crippen molar-refractivity contribution < 1.29 is 19.1 Å². The molecule has 194 valence electrons. The van der Waals surface area contributed by atoms with Gasteiger partial charge in [0.15, 0.2) is 0 Å². The molecule has 0 spiro atoms. The summed E-state index contributed by atoms with van der Waals surface area (Å²) >= 11 is 0. The summed E-state index contributed by atoms with van der Waals surface area (Å²) in [5.74, 6) is 0.108. The molecule has 3 aromatic carbocycles. The first-order chi connectivity index (χ1) is 18.0. The number of ether oxygens (including phenoxy) is 1. The smallest absolute Gasteiger partial charge is 0.338 e. The van der Waals surface area contributed by atoms with Crippen molar-refractivity contribution in [2.45, 2.75) is 39.7 Å². The quantitative estimate of drug-likeness (QED) is 0.393. The lowest BCUT2D eigenvalue weighted by Crippen LogP contribution is -2.46. The molecule has 2 atom stereocenters. The summed E-state index contributed by atoms with van der Waals surface area (Å²) in [6.45, 7) is 5.84. The Kier molecular flexibility index (Phi) is 8.77. The van der Waals surface area contributed by atoms with Crippen molar-refractivity contribution in [1.29, 1.82) is 0 Å². The average Bonchev–Trinajstić information content (AvgIpc) is 2.92. The molecule has 3 aromatic rings. The Labute approximate surface area is 218 Å². The van der Waals surface area contributed by atoms with Gasteiger partial charge in [0, 0.05) is 31.7 Å². The van der Waals surface area contributed by atoms with E-state index in [-0.39, 0.29) is 23.8 Å². The molecule has 0 aromatic heterocycles. The second kappa shape index (κ2) is 12.4. The van der Waals surface area contributed by atoms with Gasteiger partial charge in [-0.3, -0.25) is 4.79 Å². The highest BCUT2D eigenvalue weighted by atomic mass is 16.5. The van der Waals surface area contributed by atoms with E-state index in [0.717, 1.165) is 23.8 Å². The summed E-state index contributed by atoms with van der Waals surface area (Å²) < 4.78 is 5.04. The number of rotatable bonds is 8. The molecule has 1 fully saturated rings. The van der Waals surface area contributed by atoms with Crippen LogP contribution in [0.3, 0.4) is 0 Å². The predicted octanol–water partition coefficient (Wildman–Crippen LogP) is 5.60. The minimum atomic E-state index is -0.413. The molecule has 1 saturated heterocycles. The van der Waals surface area contributed by atoms with Gasteiger partial charge in [0.05, 0.1) is 12.2 Å². The Hall–Kier alpha value is -3.87. The maximum atomic E-state index is 13.0. The minimum Gasteiger partial charge on any atom is -0.462 e. The lowest BCUT2D eigenvalue weighted by atomic mass is 9.81. The first kappa shape index (κ1) is 26.2. The van der Waals surface area contributed by atoms with Crippen molar-refractivity contribution in [1.82, 2.24) is 10.2 Å². The van der Waals surface area contributed by atoms with Gasteiger partial charge < -0.3 is 20.3 Å². The first-order valence-electron chi connectivity index (χ1n) is 13.0. The Morgan fingerprint density at radius 3 is 2.57 bits per heavy atom. The molecule has 37 heavy (non-hydrogen) atoms. The van der Waals surface area contributed by atoms with Gasteiger partial charge in [-0.25, -0.2) is 9.59 Å². The van der Waals surface area contributed by atoms with Crippen LogP contribution in [0.2, 0.25) is 0 Å². The topological polar surface area (TPSA) is 87.7 Å². The maximum absolute atomic E-state index is 13.0. The fourth-order valence-corrected chi connectivity index (χ4v) is 5.09. The van der Waals surface area contributed by atoms with Crippen LogP contribution in [-0.2, 0) is 16.1 Å². The fourth-order valence-electron chi connectivity index (χ4n) is 5.09. The number of likely N-dealkylation sites (tertiary alicyclic amines) is 1. The summed E-state index contributed by atoms with van der Waals surface area (Å²) in [7, 11) is 0. The maximum Gasteiger partial charge on any atom is 0.338 e. The van der Waals surface area contributed by atoms with Gasteiger partial charge in [-0.15, -0.1) is 0 Å². The molecule has 0 aliphatic carbocycles. The number of nitrogens with one attached hydrogen (secondary N) is 2. The number of piperidine rings is 1. The number of hydrogen-bond acceptors (Lipinski definition) is 4. The van der Waals surface area contributed by atoms with Crippen LogP contribution in [0.25, 0.3) is 10.8 Å². The lowest BCUT2D eigenvalue weighted by Gasteiger charge is -2.38. The van der Waals surface area contributed by atoms with Gasteiger partial charge in [-0.1, -0.05) is 61.9 Å². The molecule has 4 rings (SSSR count). The zero-order chi connectivity index (χ0) is 26.2. The van der Waals surface area contributed by atoms with E-state index in [1.165, 1.54) is 5.39 Å². The highest BCUT2D eigenvalue weighted by molar-refractivity contribution is 5.94. The molecule has 0 bridgehead atoms. The van der Waals surface area contributed by atoms with Gasteiger partial charge in [-0.2, -0.15) is 0 Å². The third-order valence-corrected chi connectivity index (χ3v) is 7.13. The first-order valence-corrected chi connectivity index (χ1v) is 13.0. The Balaban J connectivity index is 1.30. The molecule has 1 aliphatic rings. The van der Waals surface area contributed by atoms with Crippen molar-refractivity contribution >= 4 is 34.4 Å². The Morgan fingerprint density at radius 1 is 0.973 bits per heavy atom. The highest BCUT2D eigenvalue weighted by Crippen LogP contribution is 2.29. The summed E-state index contributed by atoms with van der Waals surface area (Å²) in [6, 6.07) is 20.9. The van der Waals surface area contributed by atoms with Crippen LogP contribution in [0.5, 0.6) is 0 Å². The third-order valence-electron chi connectivity index (χ3n) is 7.13. The number of amides is 3. The van der Waals surface area contributed by atoms with Crippen molar-refractivity contribution in [2.75, 3.05) is 25.0 Å². The second-order valence-electron chi connectivity index (χ2n) is 9.51. The second-order valence-corrected chi connectivity index (χ2v) is 9.51. The third kappa shape index (κ3) is 6.67. The number of carbonyl (C=O) groups is 3. The van der Waals surface area contributed by atoms with Crippen LogP contribution in [0.1, 0.15) is 49.0 Å². The predicted molar refractivity (Wildman–Crippen MR) is 145 cm³/mol. The van der Waals surface area contributed by atoms with Crippen molar-refractivity contribution in [3.8, 4) is 0 Å². The molecule has 3 amide bonds. The van der Waals surface area contributed by atoms with E-state index in [9.17, 15) is 14.4 Å². The monoisotopic (exact) mass is 501 g/mol. The van der Waals surface area contributed by atoms with Crippen LogP contribution in [0.15, 0.2) is 66.7 Å². The van der Waals surface area contributed by atoms with E-state index in [1.54, 1.807) is 36.1 Å². The van der Waals surface area contributed by atoms with Crippen molar-refractivity contribution in [2.24, 2.45) is 11.8 Å². The number of benzene rings is 3. The largest absolute Gasteiger partial charge is 0.462 e. The molecule has 2 unspecified atom stereocenters. The van der Waals surface area contributed by atoms with Crippen molar-refractivity contribution in [3.05, 3.63) is 77.9 Å². The SMILES string of the molecule is CCOC(=O)c1cccc(NC(=O)N2CCC(CC(=O)NCc3cccc4ccccc34)C(CC)C2)c1. The zero-order valence-electron chi connectivity index (χ0n) is 21.5. The number of urea groups is 1. The summed E-state index contributed by atoms with van der Waals surface area (Å²) in [4.78, 5) is 39.6. The zero-order valence-corrected chi connectivity index (χ0v) is 21.5. The van der Waals surface area contributed by atoms with Crippen molar-refractivity contribution in [3.63, 3.8) is 0 Å². The van der Waals surface area contributed by atoms with Gasteiger partial charge in [0.2, 0.25) is 5.91 Å². The van der Waals surface area contributed by atoms with E-state index in [1.807, 2.05) is 18.2 Å². The van der Waals surface area contributed by atoms with Crippen LogP contribution in [-0.4, -0.2) is 42.5 Å². The van der Waals surface area contributed by atoms with Gasteiger partial charge in [0.25, 0.3) is 0 Å². The summed E-state index contributed by atoms with van der Waals surface area (Å²) in [5, 5.41) is 8.33. The average molecular weight is 502 g/mol. The molecule has 7 heteroatoms. The fraction of sp³-hybridized carbons (Fsp3) is 0.367. The number of fused-ring (bicyclic) bond motifs is 1. The van der Waals surface area contributed by atoms with E-state index in [0.29, 0.717) is 43.9 Å². The molecule has 0 radical (unpaired) electrons. The van der Waals surface area contributed by atoms with Gasteiger partial charge in [-0.05, 0) is 59.7 Å². The molecule has 2 N–H and O–H groups in total. The Morgan fingerprint density at radius 2 is 1.76 bits per heavy atom. The summed E-state index contributed by atoms with van der Waals surface area (Å²) in [6.07, 6.45) is 2.13. The summed E-state index contributed by atoms with van der Waals surface area (Å²) in [5.41, 5.74) is 2.06. The molecule has 1 aliphatic heterocycles. The normalized spacial score (nSPS) is 17.3. The number of esters is 1. The molecule has 1 heterocycles. The highest BCUT2D eigenvalue weighted by Gasteiger charge is 2.31. The van der Waals surface area contributed by atoms with Gasteiger partial charge in [0.1, 0.15) is 0 Å². The molecule has 7 nitrogen and oxygen atoms in total. The van der Waals surface area contributed by atoms with E-state index >= 15 is 0 Å². The molecule has 0 saturated carbocycles. The van der Waals surface area contributed by atoms with Crippen LogP contribution in [0.4, 0.5) is 10.5 Å². The van der Waals surface area contributed by atoms with Crippen LogP contribution < -0.4 is 10.6 Å². The lowest BCUT2D eigenvalue weighted by molar-refractivity contribution is -0.123. The van der Waals surface area contributed by atoms with E-state index in [4.69, 9.17) is 4.74 Å². The van der Waals surface area contributed by atoms with Crippen LogP contribution in [0, 0.1) is 11.8 Å². The minimum absolute atomic E-state index is 0.0464. The van der Waals surface area contributed by atoms with Crippen LogP contribution >= 0.6 is 0 Å². The van der Waals surface area contributed by atoms with Gasteiger partial charge >= 0.3 is 12.0 Å². The number of anilines is 1.